The lowest BCUT2D eigenvalue weighted by molar-refractivity contribution is -0.119. The number of ether oxygens (including phenoxy) is 1. The molecule has 2 heterocycles. The summed E-state index contributed by atoms with van der Waals surface area (Å²) in [5, 5.41) is 3.70. The summed E-state index contributed by atoms with van der Waals surface area (Å²) in [6.45, 7) is 3.80. The normalized spacial score (nSPS) is 15.8. The zero-order valence-corrected chi connectivity index (χ0v) is 19.6. The van der Waals surface area contributed by atoms with E-state index >= 15 is 0 Å². The van der Waals surface area contributed by atoms with Gasteiger partial charge in [0.25, 0.3) is 5.91 Å². The van der Waals surface area contributed by atoms with Crippen molar-refractivity contribution in [3.8, 4) is 5.75 Å². The molecule has 0 aliphatic carbocycles. The van der Waals surface area contributed by atoms with E-state index in [1.807, 2.05) is 85.8 Å². The summed E-state index contributed by atoms with van der Waals surface area (Å²) in [6.07, 6.45) is -0.734. The number of carbonyl (C=O) groups is 2. The second-order valence-electron chi connectivity index (χ2n) is 7.82. The van der Waals surface area contributed by atoms with Crippen molar-refractivity contribution in [1.82, 2.24) is 10.3 Å². The Morgan fingerprint density at radius 3 is 2.47 bits per heavy atom. The summed E-state index contributed by atoms with van der Waals surface area (Å²) in [4.78, 5) is 32.9. The summed E-state index contributed by atoms with van der Waals surface area (Å²) < 4.78 is 6.86. The lowest BCUT2D eigenvalue weighted by Gasteiger charge is -2.28. The van der Waals surface area contributed by atoms with Crippen LogP contribution in [0.1, 0.15) is 24.4 Å². The second kappa shape index (κ2) is 9.11. The Morgan fingerprint density at radius 1 is 1.03 bits per heavy atom. The third-order valence-corrected chi connectivity index (χ3v) is 6.65. The highest BCUT2D eigenvalue weighted by molar-refractivity contribution is 7.19. The van der Waals surface area contributed by atoms with Crippen LogP contribution in [0.25, 0.3) is 21.4 Å². The highest BCUT2D eigenvalue weighted by Crippen LogP contribution is 2.44. The number of nitrogens with one attached hydrogen (secondary N) is 1. The molecule has 0 radical (unpaired) electrons. The molecule has 1 aliphatic rings. The number of nitrogens with zero attached hydrogens (tertiary/aromatic N) is 2. The number of amides is 2. The summed E-state index contributed by atoms with van der Waals surface area (Å²) in [5.74, 6) is 0.114. The molecule has 4 aromatic rings. The van der Waals surface area contributed by atoms with Crippen molar-refractivity contribution in [3.63, 3.8) is 0 Å². The second-order valence-corrected chi connectivity index (χ2v) is 8.85. The number of aromatic nitrogens is 1. The van der Waals surface area contributed by atoms with Crippen molar-refractivity contribution in [2.75, 3.05) is 11.5 Å². The van der Waals surface area contributed by atoms with Gasteiger partial charge in [0.2, 0.25) is 5.91 Å². The molecule has 0 spiro atoms. The monoisotopic (exact) mass is 469 g/mol. The average Bonchev–Trinajstić information content (AvgIpc) is 3.38. The van der Waals surface area contributed by atoms with Gasteiger partial charge >= 0.3 is 0 Å². The quantitative estimate of drug-likeness (QED) is 0.426. The van der Waals surface area contributed by atoms with E-state index in [2.05, 4.69) is 5.32 Å². The Kier molecular flexibility index (Phi) is 5.86. The highest BCUT2D eigenvalue weighted by atomic mass is 32.1. The van der Waals surface area contributed by atoms with Gasteiger partial charge in [0.05, 0.1) is 28.1 Å². The molecule has 1 aliphatic heterocycles. The first-order valence-electron chi connectivity index (χ1n) is 11.1. The number of fused-ring (bicyclic) bond motifs is 1. The molecule has 0 saturated carbocycles. The third-order valence-electron chi connectivity index (χ3n) is 5.59. The maximum atomic E-state index is 14.1. The standard InChI is InChI=1S/C27H23N3O3S/c1-3-33-21-15-9-8-14-20(21)30-25(28-17(2)31)24(23(27(30)32)18-11-5-4-6-12-18)26-29-19-13-7-10-16-22(19)34-26/h4-16,25H,3H2,1-2H3,(H,28,31). The molecule has 3 aromatic carbocycles. The minimum absolute atomic E-state index is 0.216. The molecule has 170 valence electrons. The number of thiazole rings is 1. The smallest absolute Gasteiger partial charge is 0.261 e. The van der Waals surface area contributed by atoms with Gasteiger partial charge in [-0.2, -0.15) is 0 Å². The molecule has 1 aromatic heterocycles. The third kappa shape index (κ3) is 3.84. The van der Waals surface area contributed by atoms with Gasteiger partial charge in [-0.25, -0.2) is 4.98 Å². The predicted molar refractivity (Wildman–Crippen MR) is 136 cm³/mol. The lowest BCUT2D eigenvalue weighted by atomic mass is 10.0. The summed E-state index contributed by atoms with van der Waals surface area (Å²) in [5.41, 5.74) is 3.42. The number of para-hydroxylation sites is 3. The summed E-state index contributed by atoms with van der Waals surface area (Å²) >= 11 is 1.51. The van der Waals surface area contributed by atoms with Gasteiger partial charge in [-0.1, -0.05) is 54.6 Å². The molecular weight excluding hydrogens is 446 g/mol. The number of anilines is 1. The molecular formula is C27H23N3O3S. The van der Waals surface area contributed by atoms with E-state index in [0.29, 0.717) is 34.2 Å². The van der Waals surface area contributed by atoms with Crippen LogP contribution in [0.3, 0.4) is 0 Å². The van der Waals surface area contributed by atoms with E-state index in [1.165, 1.54) is 18.3 Å². The number of carbonyl (C=O) groups excluding carboxylic acids is 2. The average molecular weight is 470 g/mol. The van der Waals surface area contributed by atoms with Crippen molar-refractivity contribution < 1.29 is 14.3 Å². The number of hydrogen-bond acceptors (Lipinski definition) is 5. The van der Waals surface area contributed by atoms with Crippen LogP contribution in [0.4, 0.5) is 5.69 Å². The number of hydrogen-bond donors (Lipinski definition) is 1. The van der Waals surface area contributed by atoms with Crippen molar-refractivity contribution in [3.05, 3.63) is 89.4 Å². The fraction of sp³-hybridized carbons (Fsp3) is 0.148. The van der Waals surface area contributed by atoms with Crippen LogP contribution in [-0.2, 0) is 9.59 Å². The molecule has 0 fully saturated rings. The molecule has 5 rings (SSSR count). The van der Waals surface area contributed by atoms with Crippen LogP contribution < -0.4 is 15.0 Å². The van der Waals surface area contributed by atoms with E-state index < -0.39 is 6.17 Å². The fourth-order valence-electron chi connectivity index (χ4n) is 4.23. The Bertz CT molecular complexity index is 1380. The van der Waals surface area contributed by atoms with Gasteiger partial charge in [0.15, 0.2) is 0 Å². The molecule has 1 atom stereocenters. The number of rotatable bonds is 6. The lowest BCUT2D eigenvalue weighted by Crippen LogP contribution is -2.47. The van der Waals surface area contributed by atoms with Crippen molar-refractivity contribution in [1.29, 1.82) is 0 Å². The van der Waals surface area contributed by atoms with Crippen LogP contribution in [0.5, 0.6) is 5.75 Å². The molecule has 6 nitrogen and oxygen atoms in total. The Morgan fingerprint density at radius 2 is 1.74 bits per heavy atom. The van der Waals surface area contributed by atoms with Gasteiger partial charge in [0.1, 0.15) is 16.9 Å². The van der Waals surface area contributed by atoms with Crippen LogP contribution in [0, 0.1) is 0 Å². The first-order valence-corrected chi connectivity index (χ1v) is 11.9. The molecule has 2 amide bonds. The van der Waals surface area contributed by atoms with E-state index in [1.54, 1.807) is 4.90 Å². The van der Waals surface area contributed by atoms with Crippen molar-refractivity contribution in [2.45, 2.75) is 20.0 Å². The van der Waals surface area contributed by atoms with E-state index in [-0.39, 0.29) is 11.8 Å². The molecule has 34 heavy (non-hydrogen) atoms. The predicted octanol–water partition coefficient (Wildman–Crippen LogP) is 5.11. The van der Waals surface area contributed by atoms with Crippen LogP contribution in [-0.4, -0.2) is 29.6 Å². The largest absolute Gasteiger partial charge is 0.492 e. The number of benzene rings is 3. The highest BCUT2D eigenvalue weighted by Gasteiger charge is 2.44. The molecule has 7 heteroatoms. The molecule has 0 bridgehead atoms. The summed E-state index contributed by atoms with van der Waals surface area (Å²) in [7, 11) is 0. The minimum Gasteiger partial charge on any atom is -0.492 e. The van der Waals surface area contributed by atoms with Crippen molar-refractivity contribution >= 4 is 50.2 Å². The first-order chi connectivity index (χ1) is 16.6. The maximum Gasteiger partial charge on any atom is 0.261 e. The molecule has 1 N–H and O–H groups in total. The van der Waals surface area contributed by atoms with Crippen LogP contribution >= 0.6 is 11.3 Å². The fourth-order valence-corrected chi connectivity index (χ4v) is 5.27. The van der Waals surface area contributed by atoms with E-state index in [4.69, 9.17) is 9.72 Å². The Labute approximate surface area is 201 Å². The van der Waals surface area contributed by atoms with Gasteiger partial charge in [-0.05, 0) is 36.8 Å². The Hall–Kier alpha value is -3.97. The molecule has 1 unspecified atom stereocenters. The van der Waals surface area contributed by atoms with Gasteiger partial charge in [-0.3, -0.25) is 14.5 Å². The minimum atomic E-state index is -0.734. The zero-order chi connectivity index (χ0) is 23.7. The van der Waals surface area contributed by atoms with Gasteiger partial charge < -0.3 is 10.1 Å². The molecule has 0 saturated heterocycles. The zero-order valence-electron chi connectivity index (χ0n) is 18.8. The SMILES string of the molecule is CCOc1ccccc1N1C(=O)C(c2ccccc2)=C(c2nc3ccccc3s2)C1NC(C)=O. The van der Waals surface area contributed by atoms with Gasteiger partial charge in [-0.15, -0.1) is 11.3 Å². The van der Waals surface area contributed by atoms with Crippen LogP contribution in [0.2, 0.25) is 0 Å². The first kappa shape index (κ1) is 21.9. The summed E-state index contributed by atoms with van der Waals surface area (Å²) in [6, 6.07) is 24.8. The van der Waals surface area contributed by atoms with E-state index in [0.717, 1.165) is 15.8 Å². The van der Waals surface area contributed by atoms with Gasteiger partial charge in [0, 0.05) is 12.5 Å². The Balaban J connectivity index is 1.77. The van der Waals surface area contributed by atoms with Crippen molar-refractivity contribution in [2.24, 2.45) is 0 Å². The van der Waals surface area contributed by atoms with Crippen LogP contribution in [0.15, 0.2) is 78.9 Å². The topological polar surface area (TPSA) is 71.5 Å². The van der Waals surface area contributed by atoms with E-state index in [9.17, 15) is 9.59 Å². The maximum absolute atomic E-state index is 14.1.